The van der Waals surface area contributed by atoms with Crippen molar-refractivity contribution < 1.29 is 9.53 Å². The first kappa shape index (κ1) is 16.3. The average molecular weight is 238 g/mol. The number of carbonyl (C=O) groups excluding carboxylic acids is 1. The fraction of sp³-hybridized carbons (Fsp3) is 0.786. The van der Waals surface area contributed by atoms with Crippen molar-refractivity contribution in [2.24, 2.45) is 11.3 Å². The molecule has 0 aromatic rings. The Morgan fingerprint density at radius 2 is 2.06 bits per heavy atom. The SMILES string of the molecule is C=CC(BCC(C)(C)C(=O)OCC(C)C)CC. The molecule has 17 heavy (non-hydrogen) atoms. The van der Waals surface area contributed by atoms with E-state index in [0.29, 0.717) is 18.3 Å². The topological polar surface area (TPSA) is 26.3 Å². The van der Waals surface area contributed by atoms with Gasteiger partial charge < -0.3 is 4.74 Å². The summed E-state index contributed by atoms with van der Waals surface area (Å²) in [6.07, 6.45) is 3.92. The van der Waals surface area contributed by atoms with Gasteiger partial charge in [-0.1, -0.05) is 53.4 Å². The second kappa shape index (κ2) is 7.57. The van der Waals surface area contributed by atoms with Gasteiger partial charge in [0.15, 0.2) is 0 Å². The maximum absolute atomic E-state index is 11.9. The molecule has 0 aliphatic rings. The summed E-state index contributed by atoms with van der Waals surface area (Å²) in [6, 6.07) is 0. The second-order valence-electron chi connectivity index (χ2n) is 5.82. The molecule has 0 aliphatic carbocycles. The smallest absolute Gasteiger partial charge is 0.310 e. The number of rotatable bonds is 8. The third-order valence-corrected chi connectivity index (χ3v) is 3.10. The van der Waals surface area contributed by atoms with Crippen molar-refractivity contribution in [1.29, 1.82) is 0 Å². The first-order valence-electron chi connectivity index (χ1n) is 6.63. The maximum atomic E-state index is 11.9. The summed E-state index contributed by atoms with van der Waals surface area (Å²) in [6.45, 7) is 14.5. The molecule has 0 aliphatic heterocycles. The number of esters is 1. The molecule has 0 saturated heterocycles. The number of hydrogen-bond donors (Lipinski definition) is 0. The standard InChI is InChI=1S/C14H27BO2/c1-7-12(8-2)15-10-14(5,6)13(16)17-9-11(3)4/h7,11-12,15H,1,8-10H2,2-6H3. The molecule has 0 fully saturated rings. The zero-order chi connectivity index (χ0) is 13.5. The molecule has 0 rings (SSSR count). The largest absolute Gasteiger partial charge is 0.465 e. The molecule has 0 amide bonds. The predicted octanol–water partition coefficient (Wildman–Crippen LogP) is 3.45. The van der Waals surface area contributed by atoms with Gasteiger partial charge in [-0.3, -0.25) is 4.79 Å². The first-order chi connectivity index (χ1) is 7.83. The Morgan fingerprint density at radius 1 is 1.47 bits per heavy atom. The van der Waals surface area contributed by atoms with Crippen LogP contribution in [0.15, 0.2) is 12.7 Å². The molecule has 0 aromatic carbocycles. The van der Waals surface area contributed by atoms with Crippen LogP contribution < -0.4 is 0 Å². The van der Waals surface area contributed by atoms with Crippen LogP contribution in [0.4, 0.5) is 0 Å². The highest BCUT2D eigenvalue weighted by molar-refractivity contribution is 6.39. The van der Waals surface area contributed by atoms with Crippen molar-refractivity contribution in [1.82, 2.24) is 0 Å². The molecule has 0 radical (unpaired) electrons. The van der Waals surface area contributed by atoms with Gasteiger partial charge in [0.2, 0.25) is 0 Å². The lowest BCUT2D eigenvalue weighted by atomic mass is 9.55. The Hall–Kier alpha value is -0.725. The molecular formula is C14H27BO2. The highest BCUT2D eigenvalue weighted by Crippen LogP contribution is 2.26. The Bertz CT molecular complexity index is 247. The highest BCUT2D eigenvalue weighted by Gasteiger charge is 2.29. The molecule has 0 N–H and O–H groups in total. The van der Waals surface area contributed by atoms with E-state index < -0.39 is 0 Å². The van der Waals surface area contributed by atoms with Gasteiger partial charge in [0, 0.05) is 0 Å². The predicted molar refractivity (Wildman–Crippen MR) is 75.8 cm³/mol. The van der Waals surface area contributed by atoms with Gasteiger partial charge in [0.05, 0.1) is 12.0 Å². The van der Waals surface area contributed by atoms with Crippen LogP contribution >= 0.6 is 0 Å². The number of hydrogen-bond acceptors (Lipinski definition) is 2. The normalized spacial score (nSPS) is 13.3. The van der Waals surface area contributed by atoms with Gasteiger partial charge >= 0.3 is 5.97 Å². The lowest BCUT2D eigenvalue weighted by Gasteiger charge is -2.24. The van der Waals surface area contributed by atoms with Crippen LogP contribution in [0.1, 0.15) is 41.0 Å². The van der Waals surface area contributed by atoms with Gasteiger partial charge in [0.1, 0.15) is 7.28 Å². The number of carbonyl (C=O) groups is 1. The van der Waals surface area contributed by atoms with Gasteiger partial charge in [0.25, 0.3) is 0 Å². The number of allylic oxidation sites excluding steroid dienone is 1. The van der Waals surface area contributed by atoms with E-state index in [9.17, 15) is 4.79 Å². The fourth-order valence-electron chi connectivity index (χ4n) is 1.57. The molecule has 2 nitrogen and oxygen atoms in total. The Balaban J connectivity index is 4.16. The van der Waals surface area contributed by atoms with Crippen LogP contribution in [0.3, 0.4) is 0 Å². The zero-order valence-corrected chi connectivity index (χ0v) is 12.1. The Labute approximate surface area is 107 Å². The van der Waals surface area contributed by atoms with E-state index in [1.54, 1.807) is 0 Å². The van der Waals surface area contributed by atoms with E-state index in [-0.39, 0.29) is 11.4 Å². The van der Waals surface area contributed by atoms with E-state index in [0.717, 1.165) is 20.0 Å². The molecule has 0 aromatic heterocycles. The minimum Gasteiger partial charge on any atom is -0.465 e. The summed E-state index contributed by atoms with van der Waals surface area (Å²) in [5.74, 6) is 0.823. The molecule has 98 valence electrons. The van der Waals surface area contributed by atoms with E-state index in [1.165, 1.54) is 0 Å². The quantitative estimate of drug-likeness (QED) is 0.368. The van der Waals surface area contributed by atoms with Crippen LogP contribution in [-0.4, -0.2) is 19.9 Å². The minimum atomic E-state index is -0.384. The zero-order valence-electron chi connectivity index (χ0n) is 12.1. The summed E-state index contributed by atoms with van der Waals surface area (Å²) in [5.41, 5.74) is -0.384. The Kier molecular flexibility index (Phi) is 7.25. The van der Waals surface area contributed by atoms with Crippen LogP contribution in [0, 0.1) is 11.3 Å². The summed E-state index contributed by atoms with van der Waals surface area (Å²) in [5, 5.41) is 0. The monoisotopic (exact) mass is 238 g/mol. The van der Waals surface area contributed by atoms with Gasteiger partial charge in [-0.15, -0.1) is 6.58 Å². The summed E-state index contributed by atoms with van der Waals surface area (Å²) in [7, 11) is 1.00. The van der Waals surface area contributed by atoms with Crippen molar-refractivity contribution in [2.45, 2.75) is 53.2 Å². The van der Waals surface area contributed by atoms with Crippen molar-refractivity contribution >= 4 is 13.2 Å². The van der Waals surface area contributed by atoms with Crippen molar-refractivity contribution in [3.63, 3.8) is 0 Å². The maximum Gasteiger partial charge on any atom is 0.310 e. The van der Waals surface area contributed by atoms with E-state index in [2.05, 4.69) is 13.5 Å². The second-order valence-corrected chi connectivity index (χ2v) is 5.82. The fourth-order valence-corrected chi connectivity index (χ4v) is 1.57. The van der Waals surface area contributed by atoms with Crippen LogP contribution in [0.25, 0.3) is 0 Å². The van der Waals surface area contributed by atoms with E-state index >= 15 is 0 Å². The van der Waals surface area contributed by atoms with Crippen molar-refractivity contribution in [3.8, 4) is 0 Å². The van der Waals surface area contributed by atoms with E-state index in [4.69, 9.17) is 4.74 Å². The van der Waals surface area contributed by atoms with Crippen LogP contribution in [-0.2, 0) is 9.53 Å². The molecule has 3 heteroatoms. The third kappa shape index (κ3) is 6.55. The van der Waals surface area contributed by atoms with Gasteiger partial charge in [-0.05, 0) is 11.7 Å². The lowest BCUT2D eigenvalue weighted by Crippen LogP contribution is -2.29. The summed E-state index contributed by atoms with van der Waals surface area (Å²) in [4.78, 5) is 11.9. The number of ether oxygens (including phenoxy) is 1. The molecule has 0 saturated carbocycles. The third-order valence-electron chi connectivity index (χ3n) is 3.10. The van der Waals surface area contributed by atoms with Crippen LogP contribution in [0.2, 0.25) is 12.1 Å². The molecular weight excluding hydrogens is 211 g/mol. The van der Waals surface area contributed by atoms with Gasteiger partial charge in [-0.25, -0.2) is 0 Å². The Morgan fingerprint density at radius 3 is 2.47 bits per heavy atom. The van der Waals surface area contributed by atoms with Crippen molar-refractivity contribution in [2.75, 3.05) is 6.61 Å². The summed E-state index contributed by atoms with van der Waals surface area (Å²) >= 11 is 0. The lowest BCUT2D eigenvalue weighted by molar-refractivity contribution is -0.153. The van der Waals surface area contributed by atoms with E-state index in [1.807, 2.05) is 33.8 Å². The highest BCUT2D eigenvalue weighted by atomic mass is 16.5. The minimum absolute atomic E-state index is 0.0786. The molecule has 0 heterocycles. The molecule has 0 bridgehead atoms. The first-order valence-corrected chi connectivity index (χ1v) is 6.63. The average Bonchev–Trinajstić information content (AvgIpc) is 2.27. The van der Waals surface area contributed by atoms with Gasteiger partial charge in [-0.2, -0.15) is 0 Å². The molecule has 0 spiro atoms. The summed E-state index contributed by atoms with van der Waals surface area (Å²) < 4.78 is 5.30. The molecule has 1 atom stereocenters. The van der Waals surface area contributed by atoms with Crippen molar-refractivity contribution in [3.05, 3.63) is 12.7 Å². The molecule has 1 unspecified atom stereocenters. The van der Waals surface area contributed by atoms with Crippen LogP contribution in [0.5, 0.6) is 0 Å².